The predicted molar refractivity (Wildman–Crippen MR) is 42.5 cm³/mol. The second-order valence-electron chi connectivity index (χ2n) is 1.65. The SMILES string of the molecule is C[As]1SCC(CO)S1. The van der Waals surface area contributed by atoms with Crippen molar-refractivity contribution >= 4 is 32.4 Å². The summed E-state index contributed by atoms with van der Waals surface area (Å²) < 4.78 is 0. The Morgan fingerprint density at radius 3 is 2.88 bits per heavy atom. The van der Waals surface area contributed by atoms with E-state index < -0.39 is 12.3 Å². The van der Waals surface area contributed by atoms with Gasteiger partial charge >= 0.3 is 60.8 Å². The molecule has 0 aromatic carbocycles. The van der Waals surface area contributed by atoms with Crippen molar-refractivity contribution in [3.8, 4) is 0 Å². The zero-order valence-electron chi connectivity index (χ0n) is 4.70. The summed E-state index contributed by atoms with van der Waals surface area (Å²) in [6.07, 6.45) is 0. The van der Waals surface area contributed by atoms with E-state index >= 15 is 0 Å². The van der Waals surface area contributed by atoms with Crippen LogP contribution in [0.25, 0.3) is 0 Å². The first kappa shape index (κ1) is 7.33. The predicted octanol–water partition coefficient (Wildman–Crippen LogP) is 0.945. The van der Waals surface area contributed by atoms with Gasteiger partial charge in [0.05, 0.1) is 0 Å². The Labute approximate surface area is 60.8 Å². The van der Waals surface area contributed by atoms with E-state index in [4.69, 9.17) is 5.11 Å². The van der Waals surface area contributed by atoms with Gasteiger partial charge in [0.25, 0.3) is 0 Å². The minimum atomic E-state index is -0.509. The molecule has 2 atom stereocenters. The van der Waals surface area contributed by atoms with Crippen molar-refractivity contribution in [2.24, 2.45) is 0 Å². The molecule has 0 spiro atoms. The molecule has 0 saturated carbocycles. The number of hydrogen-bond donors (Lipinski definition) is 1. The van der Waals surface area contributed by atoms with Crippen molar-refractivity contribution in [3.63, 3.8) is 0 Å². The van der Waals surface area contributed by atoms with Crippen LogP contribution < -0.4 is 0 Å². The third-order valence-corrected chi connectivity index (χ3v) is 12.9. The molecule has 0 bridgehead atoms. The van der Waals surface area contributed by atoms with Gasteiger partial charge in [0.1, 0.15) is 0 Å². The van der Waals surface area contributed by atoms with E-state index in [2.05, 4.69) is 15.7 Å². The maximum absolute atomic E-state index is 8.67. The third kappa shape index (κ3) is 1.87. The van der Waals surface area contributed by atoms with Gasteiger partial charge in [0.15, 0.2) is 0 Å². The van der Waals surface area contributed by atoms with Gasteiger partial charge in [-0.3, -0.25) is 0 Å². The average Bonchev–Trinajstić information content (AvgIpc) is 2.14. The summed E-state index contributed by atoms with van der Waals surface area (Å²) in [5.74, 6) is 1.19. The monoisotopic (exact) mass is 212 g/mol. The van der Waals surface area contributed by atoms with Crippen LogP contribution in [0.4, 0.5) is 0 Å². The Balaban J connectivity index is 2.22. The van der Waals surface area contributed by atoms with Crippen molar-refractivity contribution in [3.05, 3.63) is 0 Å². The van der Waals surface area contributed by atoms with Gasteiger partial charge < -0.3 is 0 Å². The molecule has 1 aliphatic rings. The molecule has 1 N–H and O–H groups in total. The Morgan fingerprint density at radius 1 is 1.88 bits per heavy atom. The second kappa shape index (κ2) is 3.40. The van der Waals surface area contributed by atoms with Crippen LogP contribution in [0, 0.1) is 0 Å². The van der Waals surface area contributed by atoms with E-state index in [1.165, 1.54) is 5.75 Å². The van der Waals surface area contributed by atoms with Gasteiger partial charge in [-0.05, 0) is 0 Å². The van der Waals surface area contributed by atoms with Gasteiger partial charge in [-0.25, -0.2) is 0 Å². The summed E-state index contributed by atoms with van der Waals surface area (Å²) in [6, 6.07) is 0. The fraction of sp³-hybridized carbons (Fsp3) is 1.00. The van der Waals surface area contributed by atoms with Crippen LogP contribution >= 0.6 is 20.0 Å². The Hall–Kier alpha value is 1.22. The van der Waals surface area contributed by atoms with Gasteiger partial charge in [0.2, 0.25) is 0 Å². The molecule has 0 radical (unpaired) electrons. The molecule has 0 aromatic rings. The summed E-state index contributed by atoms with van der Waals surface area (Å²) in [4.78, 5) is 0. The first-order valence-electron chi connectivity index (χ1n) is 2.47. The van der Waals surface area contributed by atoms with E-state index in [1.54, 1.807) is 0 Å². The van der Waals surface area contributed by atoms with Crippen molar-refractivity contribution in [2.45, 2.75) is 11.0 Å². The first-order valence-corrected chi connectivity index (χ1v) is 10.7. The minimum absolute atomic E-state index is 0.386. The molecule has 1 saturated heterocycles. The van der Waals surface area contributed by atoms with E-state index in [0.29, 0.717) is 11.9 Å². The fourth-order valence-electron chi connectivity index (χ4n) is 0.545. The Bertz CT molecular complexity index is 80.4. The average molecular weight is 212 g/mol. The molecule has 0 aliphatic carbocycles. The van der Waals surface area contributed by atoms with Crippen LogP contribution in [0.5, 0.6) is 0 Å². The van der Waals surface area contributed by atoms with Crippen molar-refractivity contribution < 1.29 is 5.11 Å². The fourth-order valence-corrected chi connectivity index (χ4v) is 13.5. The van der Waals surface area contributed by atoms with Crippen LogP contribution in [-0.4, -0.2) is 35.1 Å². The molecular formula is C4H9AsOS2. The molecule has 1 aliphatic heterocycles. The van der Waals surface area contributed by atoms with Crippen LogP contribution in [0.1, 0.15) is 0 Å². The second-order valence-corrected chi connectivity index (χ2v) is 14.8. The molecule has 2 unspecified atom stereocenters. The van der Waals surface area contributed by atoms with E-state index in [0.717, 1.165) is 0 Å². The van der Waals surface area contributed by atoms with E-state index in [9.17, 15) is 0 Å². The van der Waals surface area contributed by atoms with Gasteiger partial charge in [0, 0.05) is 0 Å². The number of aliphatic hydroxyl groups excluding tert-OH is 1. The van der Waals surface area contributed by atoms with Crippen molar-refractivity contribution in [2.75, 3.05) is 12.4 Å². The molecule has 0 aromatic heterocycles. The number of aliphatic hydroxyl groups is 1. The van der Waals surface area contributed by atoms with Crippen molar-refractivity contribution in [1.29, 1.82) is 0 Å². The van der Waals surface area contributed by atoms with Crippen LogP contribution in [0.15, 0.2) is 0 Å². The van der Waals surface area contributed by atoms with E-state index in [1.807, 2.05) is 10.0 Å². The molecule has 4 heteroatoms. The number of hydrogen-bond acceptors (Lipinski definition) is 3. The summed E-state index contributed by atoms with van der Waals surface area (Å²) in [7, 11) is 4.10. The maximum atomic E-state index is 8.67. The zero-order chi connectivity index (χ0) is 5.98. The molecule has 48 valence electrons. The molecule has 1 rings (SSSR count). The summed E-state index contributed by atoms with van der Waals surface area (Å²) in [5.41, 5.74) is 2.33. The summed E-state index contributed by atoms with van der Waals surface area (Å²) >= 11 is -0.509. The summed E-state index contributed by atoms with van der Waals surface area (Å²) in [5, 5.41) is 9.25. The molecule has 1 heterocycles. The van der Waals surface area contributed by atoms with Crippen LogP contribution in [-0.2, 0) is 0 Å². The normalized spacial score (nSPS) is 38.2. The standard InChI is InChI=1S/C4H9AsOS2/c1-5-7-3-4(2-6)8-5/h4,6H,2-3H2,1H3. The first-order chi connectivity index (χ1) is 3.83. The van der Waals surface area contributed by atoms with Crippen molar-refractivity contribution in [1.82, 2.24) is 0 Å². The molecule has 1 nitrogen and oxygen atoms in total. The van der Waals surface area contributed by atoms with Crippen LogP contribution in [0.2, 0.25) is 5.71 Å². The third-order valence-electron chi connectivity index (χ3n) is 0.943. The zero-order valence-corrected chi connectivity index (χ0v) is 8.21. The molecule has 8 heavy (non-hydrogen) atoms. The number of rotatable bonds is 1. The quantitative estimate of drug-likeness (QED) is 0.653. The Morgan fingerprint density at radius 2 is 2.62 bits per heavy atom. The topological polar surface area (TPSA) is 20.2 Å². The Kier molecular flexibility index (Phi) is 3.12. The van der Waals surface area contributed by atoms with E-state index in [-0.39, 0.29) is 0 Å². The van der Waals surface area contributed by atoms with Gasteiger partial charge in [-0.1, -0.05) is 0 Å². The van der Waals surface area contributed by atoms with Gasteiger partial charge in [-0.15, -0.1) is 0 Å². The molecular weight excluding hydrogens is 203 g/mol. The van der Waals surface area contributed by atoms with Crippen LogP contribution in [0.3, 0.4) is 0 Å². The molecule has 1 fully saturated rings. The summed E-state index contributed by atoms with van der Waals surface area (Å²) in [6.45, 7) is 0.386. The van der Waals surface area contributed by atoms with Gasteiger partial charge in [-0.2, -0.15) is 0 Å². The molecule has 0 amide bonds.